The Morgan fingerprint density at radius 1 is 1.78 bits per heavy atom. The van der Waals surface area contributed by atoms with Gasteiger partial charge in [0.05, 0.1) is 0 Å². The van der Waals surface area contributed by atoms with E-state index in [0.29, 0.717) is 6.42 Å². The van der Waals surface area contributed by atoms with E-state index >= 15 is 0 Å². The molecule has 0 aromatic carbocycles. The number of aliphatic hydroxyl groups is 1. The van der Waals surface area contributed by atoms with Gasteiger partial charge in [0.2, 0.25) is 0 Å². The summed E-state index contributed by atoms with van der Waals surface area (Å²) in [6.45, 7) is 0.0803. The Hall–Kier alpha value is -1.03. The molecular weight excluding hydrogens is 120 g/mol. The molecule has 0 aromatic rings. The van der Waals surface area contributed by atoms with Crippen molar-refractivity contribution in [1.82, 2.24) is 5.32 Å². The van der Waals surface area contributed by atoms with Gasteiger partial charge in [-0.15, -0.1) is 0 Å². The number of carbonyl (C=O) groups is 1. The Bertz CT molecular complexity index is 112. The fourth-order valence-electron chi connectivity index (χ4n) is 0.299. The van der Waals surface area contributed by atoms with Gasteiger partial charge in [-0.25, -0.2) is 4.79 Å². The summed E-state index contributed by atoms with van der Waals surface area (Å²) in [4.78, 5) is 9.96. The van der Waals surface area contributed by atoms with Crippen LogP contribution in [-0.2, 0) is 0 Å². The molecule has 0 saturated heterocycles. The van der Waals surface area contributed by atoms with Gasteiger partial charge in [-0.3, -0.25) is 0 Å². The minimum atomic E-state index is -0.593. The topological polar surface area (TPSA) is 75.4 Å². The average molecular weight is 130 g/mol. The highest BCUT2D eigenvalue weighted by molar-refractivity contribution is 5.72. The smallest absolute Gasteiger partial charge is 0.316 e. The summed E-state index contributed by atoms with van der Waals surface area (Å²) in [5, 5.41) is 10.5. The average Bonchev–Trinajstić information content (AvgIpc) is 1.80. The highest BCUT2D eigenvalue weighted by Crippen LogP contribution is 1.75. The second-order valence-corrected chi connectivity index (χ2v) is 1.42. The number of carbonyl (C=O) groups excluding carboxylic acids is 1. The van der Waals surface area contributed by atoms with Crippen LogP contribution in [0.3, 0.4) is 0 Å². The quantitative estimate of drug-likeness (QED) is 0.484. The number of hydrogen-bond acceptors (Lipinski definition) is 2. The van der Waals surface area contributed by atoms with Crippen LogP contribution in [0.2, 0.25) is 0 Å². The molecule has 0 bridgehead atoms. The number of nitrogens with two attached hydrogens (primary N) is 1. The predicted molar refractivity (Wildman–Crippen MR) is 33.6 cm³/mol. The first-order valence-electron chi connectivity index (χ1n) is 2.59. The van der Waals surface area contributed by atoms with Crippen molar-refractivity contribution in [3.05, 3.63) is 12.3 Å². The molecule has 0 heterocycles. The van der Waals surface area contributed by atoms with E-state index in [4.69, 9.17) is 10.8 Å². The number of amides is 2. The van der Waals surface area contributed by atoms with Gasteiger partial charge in [-0.1, -0.05) is 6.08 Å². The van der Waals surface area contributed by atoms with E-state index in [9.17, 15) is 4.79 Å². The first-order valence-corrected chi connectivity index (χ1v) is 2.59. The lowest BCUT2D eigenvalue weighted by Crippen LogP contribution is -2.23. The minimum absolute atomic E-state index is 0.0803. The molecule has 2 amide bonds. The van der Waals surface area contributed by atoms with E-state index in [-0.39, 0.29) is 6.61 Å². The van der Waals surface area contributed by atoms with Gasteiger partial charge in [0.15, 0.2) is 0 Å². The lowest BCUT2D eigenvalue weighted by Gasteiger charge is -1.88. The summed E-state index contributed by atoms with van der Waals surface area (Å²) in [6.07, 6.45) is 3.55. The molecular formula is C5H10N2O2. The summed E-state index contributed by atoms with van der Waals surface area (Å²) >= 11 is 0. The van der Waals surface area contributed by atoms with Crippen molar-refractivity contribution in [2.45, 2.75) is 6.42 Å². The molecule has 0 aliphatic heterocycles. The van der Waals surface area contributed by atoms with E-state index in [1.165, 1.54) is 6.20 Å². The van der Waals surface area contributed by atoms with Crippen molar-refractivity contribution < 1.29 is 9.90 Å². The Morgan fingerprint density at radius 2 is 2.44 bits per heavy atom. The second kappa shape index (κ2) is 5.11. The number of urea groups is 1. The largest absolute Gasteiger partial charge is 0.396 e. The molecule has 0 fully saturated rings. The molecule has 0 rings (SSSR count). The number of rotatable bonds is 3. The second-order valence-electron chi connectivity index (χ2n) is 1.42. The van der Waals surface area contributed by atoms with Crippen LogP contribution in [0.4, 0.5) is 4.79 Å². The summed E-state index contributed by atoms with van der Waals surface area (Å²) in [5.74, 6) is 0. The molecule has 9 heavy (non-hydrogen) atoms. The Kier molecular flexibility index (Phi) is 4.53. The summed E-state index contributed by atoms with van der Waals surface area (Å²) in [7, 11) is 0. The van der Waals surface area contributed by atoms with E-state index in [1.54, 1.807) is 6.08 Å². The van der Waals surface area contributed by atoms with Crippen LogP contribution in [0, 0.1) is 0 Å². The van der Waals surface area contributed by atoms with Crippen LogP contribution >= 0.6 is 0 Å². The highest BCUT2D eigenvalue weighted by Gasteiger charge is 1.80. The molecule has 0 radical (unpaired) electrons. The third-order valence-corrected chi connectivity index (χ3v) is 0.639. The Morgan fingerprint density at radius 3 is 2.89 bits per heavy atom. The molecule has 0 aliphatic carbocycles. The minimum Gasteiger partial charge on any atom is -0.396 e. The molecule has 0 atom stereocenters. The Labute approximate surface area is 53.4 Å². The third-order valence-electron chi connectivity index (χ3n) is 0.639. The predicted octanol–water partition coefficient (Wildman–Crippen LogP) is -0.449. The van der Waals surface area contributed by atoms with Gasteiger partial charge in [0, 0.05) is 12.8 Å². The number of aliphatic hydroxyl groups excluding tert-OH is 1. The SMILES string of the molecule is NC(=O)NC=CCCO. The van der Waals surface area contributed by atoms with Crippen molar-refractivity contribution >= 4 is 6.03 Å². The molecule has 0 unspecified atom stereocenters. The van der Waals surface area contributed by atoms with Gasteiger partial charge in [0.25, 0.3) is 0 Å². The maximum Gasteiger partial charge on any atom is 0.316 e. The molecule has 4 heteroatoms. The zero-order valence-corrected chi connectivity index (χ0v) is 5.00. The fraction of sp³-hybridized carbons (Fsp3) is 0.400. The van der Waals surface area contributed by atoms with Gasteiger partial charge < -0.3 is 16.2 Å². The van der Waals surface area contributed by atoms with Crippen molar-refractivity contribution in [3.8, 4) is 0 Å². The molecule has 0 aromatic heterocycles. The summed E-state index contributed by atoms with van der Waals surface area (Å²) in [5.41, 5.74) is 4.71. The van der Waals surface area contributed by atoms with Gasteiger partial charge in [-0.05, 0) is 6.42 Å². The van der Waals surface area contributed by atoms with Crippen molar-refractivity contribution in [2.75, 3.05) is 6.61 Å². The van der Waals surface area contributed by atoms with Crippen LogP contribution in [0.5, 0.6) is 0 Å². The molecule has 4 N–H and O–H groups in total. The van der Waals surface area contributed by atoms with Crippen LogP contribution < -0.4 is 11.1 Å². The van der Waals surface area contributed by atoms with E-state index in [0.717, 1.165) is 0 Å². The van der Waals surface area contributed by atoms with Crippen LogP contribution in [0.1, 0.15) is 6.42 Å². The third kappa shape index (κ3) is 6.97. The molecule has 52 valence electrons. The standard InChI is InChI=1S/C5H10N2O2/c6-5(9)7-3-1-2-4-8/h1,3,8H,2,4H2,(H3,6,7,9). The van der Waals surface area contributed by atoms with E-state index in [1.807, 2.05) is 0 Å². The molecule has 0 saturated carbocycles. The number of hydrogen-bond donors (Lipinski definition) is 3. The lowest BCUT2D eigenvalue weighted by molar-refractivity contribution is 0.252. The summed E-state index contributed by atoms with van der Waals surface area (Å²) < 4.78 is 0. The van der Waals surface area contributed by atoms with Crippen LogP contribution in [-0.4, -0.2) is 17.7 Å². The van der Waals surface area contributed by atoms with E-state index < -0.39 is 6.03 Å². The highest BCUT2D eigenvalue weighted by atomic mass is 16.2. The zero-order valence-electron chi connectivity index (χ0n) is 5.00. The molecule has 0 spiro atoms. The molecule has 4 nitrogen and oxygen atoms in total. The Balaban J connectivity index is 3.14. The van der Waals surface area contributed by atoms with Gasteiger partial charge in [0.1, 0.15) is 0 Å². The number of nitrogens with one attached hydrogen (secondary N) is 1. The maximum atomic E-state index is 9.96. The maximum absolute atomic E-state index is 9.96. The van der Waals surface area contributed by atoms with Crippen molar-refractivity contribution in [1.29, 1.82) is 0 Å². The monoisotopic (exact) mass is 130 g/mol. The van der Waals surface area contributed by atoms with Crippen molar-refractivity contribution in [3.63, 3.8) is 0 Å². The zero-order chi connectivity index (χ0) is 7.11. The van der Waals surface area contributed by atoms with Gasteiger partial charge in [-0.2, -0.15) is 0 Å². The van der Waals surface area contributed by atoms with Gasteiger partial charge >= 0.3 is 6.03 Å². The van der Waals surface area contributed by atoms with Crippen molar-refractivity contribution in [2.24, 2.45) is 5.73 Å². The molecule has 0 aliphatic rings. The first kappa shape index (κ1) is 7.97. The van der Waals surface area contributed by atoms with Crippen LogP contribution in [0.25, 0.3) is 0 Å². The number of primary amides is 1. The van der Waals surface area contributed by atoms with E-state index in [2.05, 4.69) is 5.32 Å². The van der Waals surface area contributed by atoms with Crippen LogP contribution in [0.15, 0.2) is 12.3 Å². The first-order chi connectivity index (χ1) is 4.27. The lowest BCUT2D eigenvalue weighted by atomic mass is 10.4. The summed E-state index contributed by atoms with van der Waals surface area (Å²) in [6, 6.07) is -0.593. The fourth-order valence-corrected chi connectivity index (χ4v) is 0.299. The normalized spacial score (nSPS) is 9.89.